The van der Waals surface area contributed by atoms with Gasteiger partial charge in [-0.15, -0.1) is 0 Å². The molecule has 112 valence electrons. The van der Waals surface area contributed by atoms with Gasteiger partial charge in [0.15, 0.2) is 0 Å². The van der Waals surface area contributed by atoms with Gasteiger partial charge in [-0.25, -0.2) is 0 Å². The van der Waals surface area contributed by atoms with Crippen molar-refractivity contribution in [3.8, 4) is 0 Å². The molecule has 1 aromatic carbocycles. The van der Waals surface area contributed by atoms with Gasteiger partial charge in [0.05, 0.1) is 0 Å². The van der Waals surface area contributed by atoms with Gasteiger partial charge < -0.3 is 5.32 Å². The lowest BCUT2D eigenvalue weighted by molar-refractivity contribution is 0.0910. The van der Waals surface area contributed by atoms with E-state index in [1.54, 1.807) is 0 Å². The molecule has 1 aromatic rings. The minimum atomic E-state index is 0.448. The highest BCUT2D eigenvalue weighted by Gasteiger charge is 2.27. The molecule has 0 aromatic heterocycles. The predicted octanol–water partition coefficient (Wildman–Crippen LogP) is 3.91. The zero-order valence-electron chi connectivity index (χ0n) is 13.5. The van der Waals surface area contributed by atoms with Gasteiger partial charge in [-0.3, -0.25) is 4.90 Å². The summed E-state index contributed by atoms with van der Waals surface area (Å²) in [4.78, 5) is 2.70. The Morgan fingerprint density at radius 3 is 2.45 bits per heavy atom. The molecule has 3 atom stereocenters. The van der Waals surface area contributed by atoms with E-state index in [0.29, 0.717) is 18.1 Å². The normalized spacial score (nSPS) is 25.6. The molecule has 20 heavy (non-hydrogen) atoms. The third kappa shape index (κ3) is 3.62. The van der Waals surface area contributed by atoms with Gasteiger partial charge in [-0.2, -0.15) is 0 Å². The lowest BCUT2D eigenvalue weighted by Crippen LogP contribution is -2.47. The number of rotatable bonds is 5. The van der Waals surface area contributed by atoms with Crippen LogP contribution in [0.15, 0.2) is 24.3 Å². The first-order chi connectivity index (χ1) is 9.63. The van der Waals surface area contributed by atoms with Gasteiger partial charge >= 0.3 is 0 Å². The van der Waals surface area contributed by atoms with Crippen molar-refractivity contribution < 1.29 is 0 Å². The molecular formula is C18H30N2. The van der Waals surface area contributed by atoms with Gasteiger partial charge in [-0.05, 0) is 51.3 Å². The van der Waals surface area contributed by atoms with E-state index in [9.17, 15) is 0 Å². The van der Waals surface area contributed by atoms with Crippen LogP contribution in [0.25, 0.3) is 0 Å². The van der Waals surface area contributed by atoms with E-state index < -0.39 is 0 Å². The van der Waals surface area contributed by atoms with E-state index in [0.717, 1.165) is 13.1 Å². The Hall–Kier alpha value is -0.860. The smallest absolute Gasteiger partial charge is 0.0452 e. The fourth-order valence-electron chi connectivity index (χ4n) is 3.54. The fourth-order valence-corrected chi connectivity index (χ4v) is 3.54. The summed E-state index contributed by atoms with van der Waals surface area (Å²) >= 11 is 0. The summed E-state index contributed by atoms with van der Waals surface area (Å²) in [5.41, 5.74) is 2.86. The van der Waals surface area contributed by atoms with Gasteiger partial charge in [0.1, 0.15) is 0 Å². The number of hydrogen-bond donors (Lipinski definition) is 1. The Morgan fingerprint density at radius 1 is 1.20 bits per heavy atom. The molecule has 2 rings (SSSR count). The Kier molecular flexibility index (Phi) is 5.62. The summed E-state index contributed by atoms with van der Waals surface area (Å²) in [6, 6.07) is 10.7. The standard InChI is InChI=1S/C18H30N2/c1-5-19-18(17-12-7-6-9-14(17)2)13-20-15(3)10-8-11-16(20)4/h6-7,9,12,15-16,18-19H,5,8,10-11,13H2,1-4H3/t15-,16+,18?. The maximum absolute atomic E-state index is 3.69. The topological polar surface area (TPSA) is 15.3 Å². The molecule has 1 heterocycles. The summed E-state index contributed by atoms with van der Waals surface area (Å²) in [6.45, 7) is 11.3. The molecule has 1 aliphatic heterocycles. The molecule has 0 bridgehead atoms. The van der Waals surface area contributed by atoms with Crippen LogP contribution in [0.3, 0.4) is 0 Å². The minimum Gasteiger partial charge on any atom is -0.309 e. The third-order valence-corrected chi connectivity index (χ3v) is 4.78. The Labute approximate surface area is 124 Å². The highest BCUT2D eigenvalue weighted by molar-refractivity contribution is 5.29. The highest BCUT2D eigenvalue weighted by atomic mass is 15.2. The number of benzene rings is 1. The van der Waals surface area contributed by atoms with Crippen molar-refractivity contribution in [2.45, 2.75) is 65.1 Å². The maximum atomic E-state index is 3.69. The Balaban J connectivity index is 2.15. The van der Waals surface area contributed by atoms with Crippen molar-refractivity contribution in [1.82, 2.24) is 10.2 Å². The number of likely N-dealkylation sites (N-methyl/N-ethyl adjacent to an activating group) is 1. The second-order valence-electron chi connectivity index (χ2n) is 6.29. The number of piperidine rings is 1. The van der Waals surface area contributed by atoms with Gasteiger partial charge in [-0.1, -0.05) is 37.6 Å². The summed E-state index contributed by atoms with van der Waals surface area (Å²) in [6.07, 6.45) is 4.07. The van der Waals surface area contributed by atoms with Gasteiger partial charge in [0.2, 0.25) is 0 Å². The van der Waals surface area contributed by atoms with E-state index in [1.807, 2.05) is 0 Å². The average Bonchev–Trinajstić information content (AvgIpc) is 2.43. The quantitative estimate of drug-likeness (QED) is 0.876. The van der Waals surface area contributed by atoms with Gasteiger partial charge in [0, 0.05) is 24.7 Å². The first-order valence-corrected chi connectivity index (χ1v) is 8.18. The van der Waals surface area contributed by atoms with Crippen LogP contribution in [0, 0.1) is 6.92 Å². The van der Waals surface area contributed by atoms with E-state index in [-0.39, 0.29) is 0 Å². The highest BCUT2D eigenvalue weighted by Crippen LogP contribution is 2.26. The molecule has 1 N–H and O–H groups in total. The number of aryl methyl sites for hydroxylation is 1. The monoisotopic (exact) mass is 274 g/mol. The van der Waals surface area contributed by atoms with Gasteiger partial charge in [0.25, 0.3) is 0 Å². The van der Waals surface area contributed by atoms with Crippen molar-refractivity contribution in [1.29, 1.82) is 0 Å². The summed E-state index contributed by atoms with van der Waals surface area (Å²) < 4.78 is 0. The summed E-state index contributed by atoms with van der Waals surface area (Å²) in [7, 11) is 0. The molecule has 1 unspecified atom stereocenters. The third-order valence-electron chi connectivity index (χ3n) is 4.78. The Morgan fingerprint density at radius 2 is 1.85 bits per heavy atom. The molecule has 0 saturated carbocycles. The molecule has 1 fully saturated rings. The molecule has 2 heteroatoms. The maximum Gasteiger partial charge on any atom is 0.0452 e. The number of nitrogens with one attached hydrogen (secondary N) is 1. The zero-order chi connectivity index (χ0) is 14.5. The van der Waals surface area contributed by atoms with Crippen LogP contribution in [-0.2, 0) is 0 Å². The Bertz CT molecular complexity index is 406. The number of hydrogen-bond acceptors (Lipinski definition) is 2. The number of nitrogens with zero attached hydrogens (tertiary/aromatic N) is 1. The lowest BCUT2D eigenvalue weighted by atomic mass is 9.94. The molecule has 1 saturated heterocycles. The van der Waals surface area contributed by atoms with Crippen LogP contribution in [0.4, 0.5) is 0 Å². The van der Waals surface area contributed by atoms with Crippen molar-refractivity contribution in [3.05, 3.63) is 35.4 Å². The molecule has 0 radical (unpaired) electrons. The summed E-state index contributed by atoms with van der Waals surface area (Å²) in [5, 5.41) is 3.69. The first-order valence-electron chi connectivity index (χ1n) is 8.18. The molecule has 2 nitrogen and oxygen atoms in total. The van der Waals surface area contributed by atoms with Crippen molar-refractivity contribution in [2.75, 3.05) is 13.1 Å². The molecule has 0 amide bonds. The van der Waals surface area contributed by atoms with Crippen molar-refractivity contribution in [3.63, 3.8) is 0 Å². The van der Waals surface area contributed by atoms with Crippen LogP contribution in [0.5, 0.6) is 0 Å². The second kappa shape index (κ2) is 7.24. The number of likely N-dealkylation sites (tertiary alicyclic amines) is 1. The van der Waals surface area contributed by atoms with Crippen LogP contribution >= 0.6 is 0 Å². The van der Waals surface area contributed by atoms with Crippen LogP contribution in [-0.4, -0.2) is 30.1 Å². The van der Waals surface area contributed by atoms with Crippen molar-refractivity contribution in [2.24, 2.45) is 0 Å². The van der Waals surface area contributed by atoms with E-state index >= 15 is 0 Å². The van der Waals surface area contributed by atoms with Crippen LogP contribution in [0.2, 0.25) is 0 Å². The first kappa shape index (κ1) is 15.5. The SMILES string of the molecule is CCNC(CN1[C@H](C)CCC[C@@H]1C)c1ccccc1C. The molecule has 1 aliphatic rings. The molecular weight excluding hydrogens is 244 g/mol. The summed E-state index contributed by atoms with van der Waals surface area (Å²) in [5.74, 6) is 0. The van der Waals surface area contributed by atoms with E-state index in [4.69, 9.17) is 0 Å². The van der Waals surface area contributed by atoms with E-state index in [2.05, 4.69) is 62.2 Å². The molecule has 0 spiro atoms. The minimum absolute atomic E-state index is 0.448. The lowest BCUT2D eigenvalue weighted by Gasteiger charge is -2.41. The van der Waals surface area contributed by atoms with Crippen LogP contribution in [0.1, 0.15) is 57.2 Å². The largest absolute Gasteiger partial charge is 0.309 e. The van der Waals surface area contributed by atoms with Crippen molar-refractivity contribution >= 4 is 0 Å². The van der Waals surface area contributed by atoms with Crippen LogP contribution < -0.4 is 5.32 Å². The second-order valence-corrected chi connectivity index (χ2v) is 6.29. The predicted molar refractivity (Wildman–Crippen MR) is 87.1 cm³/mol. The fraction of sp³-hybridized carbons (Fsp3) is 0.667. The van der Waals surface area contributed by atoms with E-state index in [1.165, 1.54) is 30.4 Å². The molecule has 0 aliphatic carbocycles. The average molecular weight is 274 g/mol. The zero-order valence-corrected chi connectivity index (χ0v) is 13.5.